The largest absolute Gasteiger partial charge is 0.491 e. The molecule has 0 saturated heterocycles. The number of carbonyl (C=O) groups excluding carboxylic acids is 2. The van der Waals surface area contributed by atoms with E-state index >= 15 is 0 Å². The average Bonchev–Trinajstić information content (AvgIpc) is 2.33. The monoisotopic (exact) mass is 269 g/mol. The molecule has 0 aliphatic heterocycles. The van der Waals surface area contributed by atoms with E-state index in [2.05, 4.69) is 4.84 Å². The van der Waals surface area contributed by atoms with Crippen molar-refractivity contribution >= 4 is 11.9 Å². The zero-order valence-corrected chi connectivity index (χ0v) is 11.3. The van der Waals surface area contributed by atoms with Crippen LogP contribution in [0.4, 0.5) is 0 Å². The van der Waals surface area contributed by atoms with Crippen LogP contribution >= 0.6 is 0 Å². The van der Waals surface area contributed by atoms with Crippen LogP contribution in [0.1, 0.15) is 31.1 Å². The fraction of sp³-hybridized carbons (Fsp3) is 0.417. The first-order valence-electron chi connectivity index (χ1n) is 5.55. The van der Waals surface area contributed by atoms with Crippen molar-refractivity contribution in [3.05, 3.63) is 24.0 Å². The second kappa shape index (κ2) is 5.55. The summed E-state index contributed by atoms with van der Waals surface area (Å²) in [6.07, 6.45) is 2.43. The van der Waals surface area contributed by atoms with Crippen LogP contribution in [0.15, 0.2) is 18.5 Å². The second-order valence-corrected chi connectivity index (χ2v) is 4.92. The maximum atomic E-state index is 11.7. The van der Waals surface area contributed by atoms with E-state index < -0.39 is 17.3 Å². The lowest BCUT2D eigenvalue weighted by atomic mass is 9.98. The number of hydrogen-bond donors (Lipinski definition) is 2. The molecule has 0 saturated carbocycles. The molecule has 0 fully saturated rings. The average molecular weight is 269 g/mol. The normalized spacial score (nSPS) is 10.7. The summed E-state index contributed by atoms with van der Waals surface area (Å²) >= 11 is 0. The van der Waals surface area contributed by atoms with Crippen molar-refractivity contribution in [3.8, 4) is 5.75 Å². The van der Waals surface area contributed by atoms with E-state index in [0.29, 0.717) is 4.73 Å². The predicted molar refractivity (Wildman–Crippen MR) is 63.4 cm³/mol. The maximum absolute atomic E-state index is 11.7. The Kier molecular flexibility index (Phi) is 4.31. The number of carbonyl (C=O) groups is 2. The van der Waals surface area contributed by atoms with Gasteiger partial charge in [-0.25, -0.2) is 4.79 Å². The molecule has 0 aliphatic carbocycles. The number of amides is 1. The standard InChI is InChI=1S/C12H16N2O5/c1-12(2,3)11(16)19-13-10(15)8-5-9(18-4)7-14(17)6-8/h5-7H,1-4H3,(H-,13,15,17)/p+1. The number of aromatic nitrogens is 1. The lowest BCUT2D eigenvalue weighted by Gasteiger charge is -2.15. The maximum Gasteiger partial charge on any atom is 0.337 e. The van der Waals surface area contributed by atoms with Crippen LogP contribution in [0, 0.1) is 5.41 Å². The minimum atomic E-state index is -0.724. The van der Waals surface area contributed by atoms with E-state index in [4.69, 9.17) is 4.74 Å². The summed E-state index contributed by atoms with van der Waals surface area (Å²) < 4.78 is 5.58. The van der Waals surface area contributed by atoms with Gasteiger partial charge in [0.05, 0.1) is 12.5 Å². The third-order valence-corrected chi connectivity index (χ3v) is 2.18. The minimum absolute atomic E-state index is 0.0866. The molecule has 0 radical (unpaired) electrons. The zero-order chi connectivity index (χ0) is 14.6. The van der Waals surface area contributed by atoms with Gasteiger partial charge in [0.15, 0.2) is 5.75 Å². The molecule has 1 amide bonds. The van der Waals surface area contributed by atoms with E-state index in [1.165, 1.54) is 19.4 Å². The van der Waals surface area contributed by atoms with Gasteiger partial charge in [-0.15, -0.1) is 0 Å². The van der Waals surface area contributed by atoms with Crippen molar-refractivity contribution in [2.75, 3.05) is 7.11 Å². The molecular formula is C12H17N2O5+. The predicted octanol–water partition coefficient (Wildman–Crippen LogP) is 0.454. The Hall–Kier alpha value is -2.31. The van der Waals surface area contributed by atoms with Crippen LogP contribution in [0.5, 0.6) is 5.75 Å². The molecule has 2 N–H and O–H groups in total. The number of pyridine rings is 1. The van der Waals surface area contributed by atoms with Crippen molar-refractivity contribution in [1.82, 2.24) is 5.48 Å². The topological polar surface area (TPSA) is 88.7 Å². The van der Waals surface area contributed by atoms with Gasteiger partial charge in [0.2, 0.25) is 6.20 Å². The van der Waals surface area contributed by atoms with Crippen LogP contribution in [-0.2, 0) is 9.63 Å². The number of nitrogens with zero attached hydrogens (tertiary/aromatic N) is 1. The highest BCUT2D eigenvalue weighted by molar-refractivity contribution is 5.94. The van der Waals surface area contributed by atoms with Crippen LogP contribution < -0.4 is 14.9 Å². The SMILES string of the molecule is COc1cc(C(=O)NOC(=O)C(C)(C)C)c[n+](O)c1. The summed E-state index contributed by atoms with van der Waals surface area (Å²) in [4.78, 5) is 27.9. The third kappa shape index (κ3) is 4.13. The van der Waals surface area contributed by atoms with Gasteiger partial charge in [-0.2, -0.15) is 5.48 Å². The van der Waals surface area contributed by atoms with E-state index in [1.807, 2.05) is 5.48 Å². The molecule has 104 valence electrons. The Morgan fingerprint density at radius 3 is 2.47 bits per heavy atom. The van der Waals surface area contributed by atoms with Crippen LogP contribution in [0.2, 0.25) is 0 Å². The molecular weight excluding hydrogens is 252 g/mol. The van der Waals surface area contributed by atoms with Crippen LogP contribution in [0.3, 0.4) is 0 Å². The van der Waals surface area contributed by atoms with Crippen molar-refractivity contribution in [2.45, 2.75) is 20.8 Å². The van der Waals surface area contributed by atoms with Crippen molar-refractivity contribution < 1.29 is 29.1 Å². The minimum Gasteiger partial charge on any atom is -0.491 e. The molecule has 19 heavy (non-hydrogen) atoms. The third-order valence-electron chi connectivity index (χ3n) is 2.18. The van der Waals surface area contributed by atoms with E-state index in [0.717, 1.165) is 6.20 Å². The van der Waals surface area contributed by atoms with E-state index in [9.17, 15) is 14.8 Å². The summed E-state index contributed by atoms with van der Waals surface area (Å²) in [5.41, 5.74) is 1.38. The number of rotatable bonds is 2. The first-order valence-corrected chi connectivity index (χ1v) is 5.55. The Balaban J connectivity index is 2.74. The van der Waals surface area contributed by atoms with Crippen LogP contribution in [-0.4, -0.2) is 24.2 Å². The smallest absolute Gasteiger partial charge is 0.337 e. The zero-order valence-electron chi connectivity index (χ0n) is 11.3. The quantitative estimate of drug-likeness (QED) is 0.462. The van der Waals surface area contributed by atoms with Crippen molar-refractivity contribution in [2.24, 2.45) is 5.41 Å². The molecule has 1 aromatic heterocycles. The van der Waals surface area contributed by atoms with Gasteiger partial charge in [0, 0.05) is 10.8 Å². The first-order chi connectivity index (χ1) is 8.74. The van der Waals surface area contributed by atoms with Crippen molar-refractivity contribution in [1.29, 1.82) is 0 Å². The lowest BCUT2D eigenvalue weighted by Crippen LogP contribution is -2.35. The Morgan fingerprint density at radius 1 is 1.32 bits per heavy atom. The van der Waals surface area contributed by atoms with Gasteiger partial charge >= 0.3 is 5.97 Å². The number of hydroxylamine groups is 1. The highest BCUT2D eigenvalue weighted by Crippen LogP contribution is 2.14. The Labute approximate surface area is 110 Å². The van der Waals surface area contributed by atoms with Gasteiger partial charge in [-0.05, 0) is 20.8 Å². The Morgan fingerprint density at radius 2 is 1.95 bits per heavy atom. The number of nitrogens with one attached hydrogen (secondary N) is 1. The van der Waals surface area contributed by atoms with E-state index in [1.54, 1.807) is 20.8 Å². The summed E-state index contributed by atoms with van der Waals surface area (Å²) in [6.45, 7) is 4.98. The number of methoxy groups -OCH3 is 1. The summed E-state index contributed by atoms with van der Waals surface area (Å²) in [5, 5.41) is 9.33. The fourth-order valence-electron chi connectivity index (χ4n) is 1.08. The number of hydrogen-bond acceptors (Lipinski definition) is 5. The lowest BCUT2D eigenvalue weighted by molar-refractivity contribution is -0.905. The van der Waals surface area contributed by atoms with Gasteiger partial charge in [-0.3, -0.25) is 10.0 Å². The molecule has 0 aromatic carbocycles. The molecule has 1 heterocycles. The molecule has 1 rings (SSSR count). The molecule has 0 spiro atoms. The van der Waals surface area contributed by atoms with Crippen molar-refractivity contribution in [3.63, 3.8) is 0 Å². The van der Waals surface area contributed by atoms with Gasteiger partial charge in [0.1, 0.15) is 5.56 Å². The number of ether oxygens (including phenoxy) is 1. The first kappa shape index (κ1) is 14.7. The Bertz CT molecular complexity index is 493. The summed E-state index contributed by atoms with van der Waals surface area (Å²) in [7, 11) is 1.40. The molecule has 0 aliphatic rings. The molecule has 0 atom stereocenters. The second-order valence-electron chi connectivity index (χ2n) is 4.92. The van der Waals surface area contributed by atoms with Gasteiger partial charge in [-0.1, -0.05) is 0 Å². The van der Waals surface area contributed by atoms with Gasteiger partial charge < -0.3 is 9.57 Å². The summed E-state index contributed by atoms with van der Waals surface area (Å²) in [6, 6.07) is 1.40. The molecule has 0 unspecified atom stereocenters. The molecule has 7 heteroatoms. The molecule has 0 bridgehead atoms. The fourth-order valence-corrected chi connectivity index (χ4v) is 1.08. The summed E-state index contributed by atoms with van der Waals surface area (Å²) in [5.74, 6) is -0.947. The van der Waals surface area contributed by atoms with E-state index in [-0.39, 0.29) is 11.3 Å². The molecule has 7 nitrogen and oxygen atoms in total. The highest BCUT2D eigenvalue weighted by Gasteiger charge is 2.25. The highest BCUT2D eigenvalue weighted by atomic mass is 16.7. The molecule has 1 aromatic rings. The van der Waals surface area contributed by atoms with Crippen LogP contribution in [0.25, 0.3) is 0 Å². The van der Waals surface area contributed by atoms with Gasteiger partial charge in [0.25, 0.3) is 12.1 Å².